The number of likely N-dealkylation sites (tertiary alicyclic amines) is 1. The predicted octanol–water partition coefficient (Wildman–Crippen LogP) is 1.97. The van der Waals surface area contributed by atoms with E-state index in [9.17, 15) is 13.9 Å². The van der Waals surface area contributed by atoms with E-state index in [4.69, 9.17) is 0 Å². The fourth-order valence-electron chi connectivity index (χ4n) is 4.28. The fourth-order valence-corrected chi connectivity index (χ4v) is 4.28. The van der Waals surface area contributed by atoms with E-state index in [-0.39, 0.29) is 18.3 Å². The summed E-state index contributed by atoms with van der Waals surface area (Å²) in [5.41, 5.74) is 0.770. The number of rotatable bonds is 8. The average molecular weight is 383 g/mol. The molecule has 0 radical (unpaired) electrons. The Balaban J connectivity index is 1.56. The van der Waals surface area contributed by atoms with Crippen molar-refractivity contribution in [1.82, 2.24) is 14.7 Å². The van der Waals surface area contributed by atoms with E-state index < -0.39 is 6.61 Å². The van der Waals surface area contributed by atoms with Crippen molar-refractivity contribution < 1.29 is 18.6 Å². The molecule has 2 fully saturated rings. The van der Waals surface area contributed by atoms with Gasteiger partial charge < -0.3 is 19.6 Å². The molecule has 2 heterocycles. The minimum Gasteiger partial charge on any atom is -0.434 e. The van der Waals surface area contributed by atoms with Crippen molar-refractivity contribution in [2.24, 2.45) is 11.8 Å². The van der Waals surface area contributed by atoms with E-state index in [1.165, 1.54) is 0 Å². The molecule has 0 amide bonds. The highest BCUT2D eigenvalue weighted by Gasteiger charge is 2.34. The van der Waals surface area contributed by atoms with Crippen LogP contribution in [0.15, 0.2) is 24.3 Å². The van der Waals surface area contributed by atoms with E-state index in [0.717, 1.165) is 57.9 Å². The second-order valence-electron chi connectivity index (χ2n) is 7.62. The van der Waals surface area contributed by atoms with Gasteiger partial charge in [0.25, 0.3) is 0 Å². The first kappa shape index (κ1) is 20.5. The van der Waals surface area contributed by atoms with Gasteiger partial charge in [-0.2, -0.15) is 8.78 Å². The van der Waals surface area contributed by atoms with Crippen molar-refractivity contribution in [2.75, 3.05) is 59.0 Å². The predicted molar refractivity (Wildman–Crippen MR) is 101 cm³/mol. The van der Waals surface area contributed by atoms with E-state index in [1.54, 1.807) is 12.1 Å². The molecule has 5 nitrogen and oxygen atoms in total. The van der Waals surface area contributed by atoms with Crippen molar-refractivity contribution in [3.8, 4) is 5.75 Å². The number of para-hydroxylation sites is 1. The topological polar surface area (TPSA) is 39.2 Å². The lowest BCUT2D eigenvalue weighted by atomic mass is 9.96. The number of aliphatic hydroxyl groups excluding tert-OH is 1. The highest BCUT2D eigenvalue weighted by molar-refractivity contribution is 5.33. The van der Waals surface area contributed by atoms with Gasteiger partial charge in [-0.15, -0.1) is 0 Å². The third-order valence-corrected chi connectivity index (χ3v) is 5.87. The average Bonchev–Trinajstić information content (AvgIpc) is 3.05. The maximum absolute atomic E-state index is 12.6. The lowest BCUT2D eigenvalue weighted by molar-refractivity contribution is -0.0507. The highest BCUT2D eigenvalue weighted by atomic mass is 19.3. The zero-order valence-corrected chi connectivity index (χ0v) is 16.1. The Hall–Kier alpha value is -1.28. The van der Waals surface area contributed by atoms with E-state index in [2.05, 4.69) is 26.4 Å². The summed E-state index contributed by atoms with van der Waals surface area (Å²) in [5, 5.41) is 9.83. The quantitative estimate of drug-likeness (QED) is 0.743. The van der Waals surface area contributed by atoms with Crippen LogP contribution >= 0.6 is 0 Å². The number of ether oxygens (including phenoxy) is 1. The van der Waals surface area contributed by atoms with Crippen LogP contribution in [0.1, 0.15) is 12.5 Å². The monoisotopic (exact) mass is 383 g/mol. The summed E-state index contributed by atoms with van der Waals surface area (Å²) < 4.78 is 29.9. The van der Waals surface area contributed by atoms with Crippen LogP contribution in [0.2, 0.25) is 0 Å². The second-order valence-corrected chi connectivity index (χ2v) is 7.62. The summed E-state index contributed by atoms with van der Waals surface area (Å²) in [4.78, 5) is 7.21. The van der Waals surface area contributed by atoms with E-state index >= 15 is 0 Å². The van der Waals surface area contributed by atoms with Crippen molar-refractivity contribution in [1.29, 1.82) is 0 Å². The molecule has 1 aromatic rings. The van der Waals surface area contributed by atoms with E-state index in [0.29, 0.717) is 12.5 Å². The van der Waals surface area contributed by atoms with Crippen LogP contribution in [-0.4, -0.2) is 85.4 Å². The van der Waals surface area contributed by atoms with Crippen LogP contribution in [-0.2, 0) is 6.54 Å². The minimum absolute atomic E-state index is 0.172. The number of hydrogen-bond donors (Lipinski definition) is 1. The molecule has 0 saturated carbocycles. The first-order chi connectivity index (χ1) is 13.1. The van der Waals surface area contributed by atoms with Gasteiger partial charge in [0.15, 0.2) is 0 Å². The molecule has 0 unspecified atom stereocenters. The number of halogens is 2. The van der Waals surface area contributed by atoms with Gasteiger partial charge >= 0.3 is 6.61 Å². The molecule has 0 aliphatic carbocycles. The highest BCUT2D eigenvalue weighted by Crippen LogP contribution is 2.29. The number of piperazine rings is 1. The van der Waals surface area contributed by atoms with Gasteiger partial charge in [-0.1, -0.05) is 25.1 Å². The largest absolute Gasteiger partial charge is 0.434 e. The van der Waals surface area contributed by atoms with Crippen LogP contribution in [0.25, 0.3) is 0 Å². The summed E-state index contributed by atoms with van der Waals surface area (Å²) in [7, 11) is 0. The molecular formula is C20H31F2N3O2. The van der Waals surface area contributed by atoms with Crippen molar-refractivity contribution in [3.05, 3.63) is 29.8 Å². The first-order valence-corrected chi connectivity index (χ1v) is 9.89. The first-order valence-electron chi connectivity index (χ1n) is 9.89. The number of likely N-dealkylation sites (N-methyl/N-ethyl adjacent to an activating group) is 1. The molecule has 1 aromatic carbocycles. The second kappa shape index (κ2) is 9.78. The minimum atomic E-state index is -2.82. The van der Waals surface area contributed by atoms with Crippen molar-refractivity contribution in [2.45, 2.75) is 20.1 Å². The molecule has 2 atom stereocenters. The maximum Gasteiger partial charge on any atom is 0.387 e. The molecule has 7 heteroatoms. The van der Waals surface area contributed by atoms with Gasteiger partial charge in [0.05, 0.1) is 0 Å². The van der Waals surface area contributed by atoms with Crippen molar-refractivity contribution >= 4 is 0 Å². The molecule has 1 N–H and O–H groups in total. The summed E-state index contributed by atoms with van der Waals surface area (Å²) in [6.45, 7) is 8.25. The summed E-state index contributed by atoms with van der Waals surface area (Å²) in [5.74, 6) is 0.885. The zero-order chi connectivity index (χ0) is 19.2. The summed E-state index contributed by atoms with van der Waals surface area (Å²) >= 11 is 0. The third-order valence-electron chi connectivity index (χ3n) is 5.87. The molecule has 152 valence electrons. The van der Waals surface area contributed by atoms with Gasteiger partial charge in [-0.3, -0.25) is 4.90 Å². The zero-order valence-electron chi connectivity index (χ0n) is 16.1. The van der Waals surface area contributed by atoms with Crippen LogP contribution in [0.4, 0.5) is 8.78 Å². The van der Waals surface area contributed by atoms with Gasteiger partial charge in [0.2, 0.25) is 0 Å². The molecule has 3 rings (SSSR count). The lowest BCUT2D eigenvalue weighted by Crippen LogP contribution is -2.48. The maximum atomic E-state index is 12.6. The fraction of sp³-hybridized carbons (Fsp3) is 0.700. The van der Waals surface area contributed by atoms with Gasteiger partial charge in [0, 0.05) is 64.5 Å². The molecule has 0 aromatic heterocycles. The van der Waals surface area contributed by atoms with Gasteiger partial charge in [-0.05, 0) is 24.4 Å². The lowest BCUT2D eigenvalue weighted by Gasteiger charge is -2.36. The summed E-state index contributed by atoms with van der Waals surface area (Å²) in [6.07, 6.45) is 0. The summed E-state index contributed by atoms with van der Waals surface area (Å²) in [6, 6.07) is 6.98. The smallest absolute Gasteiger partial charge is 0.387 e. The molecule has 27 heavy (non-hydrogen) atoms. The Morgan fingerprint density at radius 3 is 2.37 bits per heavy atom. The Morgan fingerprint density at radius 2 is 1.70 bits per heavy atom. The van der Waals surface area contributed by atoms with Crippen LogP contribution in [0.5, 0.6) is 5.75 Å². The Labute approximate surface area is 160 Å². The molecule has 0 bridgehead atoms. The van der Waals surface area contributed by atoms with Gasteiger partial charge in [-0.25, -0.2) is 0 Å². The number of hydrogen-bond acceptors (Lipinski definition) is 5. The molecule has 2 aliphatic heterocycles. The number of nitrogens with zero attached hydrogens (tertiary/aromatic N) is 3. The van der Waals surface area contributed by atoms with Crippen molar-refractivity contribution in [3.63, 3.8) is 0 Å². The SMILES string of the molecule is CCN1CCN(C[C@@H]2CN(Cc3ccccc3OC(F)F)C[C@@H]2CO)CC1. The number of benzene rings is 1. The Bertz CT molecular complexity index is 582. The third kappa shape index (κ3) is 5.60. The normalized spacial score (nSPS) is 25.4. The molecular weight excluding hydrogens is 352 g/mol. The molecule has 2 aliphatic rings. The van der Waals surface area contributed by atoms with Crippen LogP contribution < -0.4 is 4.74 Å². The standard InChI is InChI=1S/C20H31F2N3O2/c1-2-23-7-9-24(10-8-23)12-17-13-25(14-18(17)15-26)11-16-5-3-4-6-19(16)27-20(21)22/h3-6,17-18,20,26H,2,7-15H2,1H3/t17-,18-/m1/s1. The van der Waals surface area contributed by atoms with Gasteiger partial charge in [0.1, 0.15) is 5.75 Å². The number of aliphatic hydroxyl groups is 1. The van der Waals surface area contributed by atoms with Crippen LogP contribution in [0.3, 0.4) is 0 Å². The Morgan fingerprint density at radius 1 is 1.04 bits per heavy atom. The van der Waals surface area contributed by atoms with Crippen LogP contribution in [0, 0.1) is 11.8 Å². The Kier molecular flexibility index (Phi) is 7.41. The number of alkyl halides is 2. The molecule has 2 saturated heterocycles. The van der Waals surface area contributed by atoms with E-state index in [1.807, 2.05) is 12.1 Å². The molecule has 0 spiro atoms.